The predicted octanol–water partition coefficient (Wildman–Crippen LogP) is 3.99. The van der Waals surface area contributed by atoms with E-state index in [2.05, 4.69) is 5.32 Å². The molecule has 0 atom stereocenters. The van der Waals surface area contributed by atoms with Gasteiger partial charge in [0.1, 0.15) is 4.88 Å². The summed E-state index contributed by atoms with van der Waals surface area (Å²) >= 11 is 1.30. The summed E-state index contributed by atoms with van der Waals surface area (Å²) in [6.07, 6.45) is 0. The molecule has 1 N–H and O–H groups in total. The van der Waals surface area contributed by atoms with E-state index in [4.69, 9.17) is 4.74 Å². The number of esters is 1. The largest absolute Gasteiger partial charge is 0.462 e. The second-order valence-electron chi connectivity index (χ2n) is 7.92. The van der Waals surface area contributed by atoms with Crippen LogP contribution < -0.4 is 5.32 Å². The van der Waals surface area contributed by atoms with Gasteiger partial charge in [-0.3, -0.25) is 14.5 Å². The molecule has 1 aliphatic rings. The summed E-state index contributed by atoms with van der Waals surface area (Å²) in [6, 6.07) is 20.8. The van der Waals surface area contributed by atoms with Crippen molar-refractivity contribution in [2.75, 3.05) is 44.6 Å². The van der Waals surface area contributed by atoms with E-state index in [9.17, 15) is 14.4 Å². The van der Waals surface area contributed by atoms with Crippen LogP contribution in [0.15, 0.2) is 66.7 Å². The monoisotopic (exact) mass is 477 g/mol. The Kier molecular flexibility index (Phi) is 7.72. The summed E-state index contributed by atoms with van der Waals surface area (Å²) in [5.41, 5.74) is 2.11. The van der Waals surface area contributed by atoms with Crippen LogP contribution in [0, 0.1) is 0 Å². The van der Waals surface area contributed by atoms with Gasteiger partial charge in [0.05, 0.1) is 18.8 Å². The first-order chi connectivity index (χ1) is 16.5. The van der Waals surface area contributed by atoms with Crippen LogP contribution in [0.25, 0.3) is 10.4 Å². The third kappa shape index (κ3) is 5.70. The Morgan fingerprint density at radius 2 is 1.59 bits per heavy atom. The number of hydrogen-bond acceptors (Lipinski definition) is 6. The molecule has 34 heavy (non-hydrogen) atoms. The van der Waals surface area contributed by atoms with E-state index in [1.807, 2.05) is 76.5 Å². The molecule has 2 aromatic carbocycles. The van der Waals surface area contributed by atoms with Gasteiger partial charge in [-0.15, -0.1) is 11.3 Å². The first-order valence-electron chi connectivity index (χ1n) is 11.3. The Balaban J connectivity index is 1.38. The molecule has 176 valence electrons. The summed E-state index contributed by atoms with van der Waals surface area (Å²) in [7, 11) is 0. The standard InChI is InChI=1S/C26H27N3O4S/c1-2-33-26(32)24-21(17-22(34-24)19-9-5-3-6-10-19)27-23(30)18-28-13-15-29(16-14-28)25(31)20-11-7-4-8-12-20/h3-12,17H,2,13-16,18H2,1H3,(H,27,30). The lowest BCUT2D eigenvalue weighted by Gasteiger charge is -2.34. The maximum atomic E-state index is 12.8. The number of carbonyl (C=O) groups excluding carboxylic acids is 3. The fraction of sp³-hybridized carbons (Fsp3) is 0.269. The van der Waals surface area contributed by atoms with E-state index in [-0.39, 0.29) is 25.0 Å². The molecule has 7 nitrogen and oxygen atoms in total. The van der Waals surface area contributed by atoms with E-state index in [1.165, 1.54) is 11.3 Å². The lowest BCUT2D eigenvalue weighted by Crippen LogP contribution is -2.50. The number of anilines is 1. The van der Waals surface area contributed by atoms with E-state index < -0.39 is 5.97 Å². The van der Waals surface area contributed by atoms with Crippen molar-refractivity contribution >= 4 is 34.8 Å². The normalized spacial score (nSPS) is 14.0. The molecule has 8 heteroatoms. The van der Waals surface area contributed by atoms with Gasteiger partial charge in [-0.1, -0.05) is 48.5 Å². The Bertz CT molecular complexity index is 1140. The number of benzene rings is 2. The minimum absolute atomic E-state index is 0.00972. The maximum absolute atomic E-state index is 12.8. The highest BCUT2D eigenvalue weighted by atomic mass is 32.1. The van der Waals surface area contributed by atoms with Crippen molar-refractivity contribution in [3.63, 3.8) is 0 Å². The Hall–Kier alpha value is -3.49. The molecule has 1 fully saturated rings. The number of hydrogen-bond donors (Lipinski definition) is 1. The quantitative estimate of drug-likeness (QED) is 0.521. The maximum Gasteiger partial charge on any atom is 0.350 e. The molecule has 2 amide bonds. The summed E-state index contributed by atoms with van der Waals surface area (Å²) < 4.78 is 5.19. The van der Waals surface area contributed by atoms with Crippen molar-refractivity contribution in [2.45, 2.75) is 6.92 Å². The Morgan fingerprint density at radius 1 is 0.941 bits per heavy atom. The van der Waals surface area contributed by atoms with Gasteiger partial charge >= 0.3 is 5.97 Å². The lowest BCUT2D eigenvalue weighted by atomic mass is 10.2. The number of amides is 2. The highest BCUT2D eigenvalue weighted by Gasteiger charge is 2.25. The first-order valence-corrected chi connectivity index (χ1v) is 12.1. The molecule has 0 radical (unpaired) electrons. The minimum Gasteiger partial charge on any atom is -0.462 e. The second kappa shape index (κ2) is 11.1. The molecule has 0 spiro atoms. The highest BCUT2D eigenvalue weighted by molar-refractivity contribution is 7.18. The molecular weight excluding hydrogens is 450 g/mol. The first kappa shape index (κ1) is 23.7. The fourth-order valence-electron chi connectivity index (χ4n) is 3.84. The number of nitrogens with one attached hydrogen (secondary N) is 1. The average Bonchev–Trinajstić information content (AvgIpc) is 3.29. The van der Waals surface area contributed by atoms with Gasteiger partial charge in [-0.2, -0.15) is 0 Å². The summed E-state index contributed by atoms with van der Waals surface area (Å²) in [6.45, 7) is 4.54. The van der Waals surface area contributed by atoms with Crippen molar-refractivity contribution < 1.29 is 19.1 Å². The third-order valence-corrected chi connectivity index (χ3v) is 6.74. The Labute approximate surface area is 202 Å². The second-order valence-corrected chi connectivity index (χ2v) is 8.97. The zero-order valence-corrected chi connectivity index (χ0v) is 19.8. The van der Waals surface area contributed by atoms with Crippen molar-refractivity contribution in [1.29, 1.82) is 0 Å². The van der Waals surface area contributed by atoms with Crippen molar-refractivity contribution in [2.24, 2.45) is 0 Å². The van der Waals surface area contributed by atoms with Crippen molar-refractivity contribution in [3.8, 4) is 10.4 Å². The van der Waals surface area contributed by atoms with Gasteiger partial charge in [-0.25, -0.2) is 4.79 Å². The highest BCUT2D eigenvalue weighted by Crippen LogP contribution is 2.35. The summed E-state index contributed by atoms with van der Waals surface area (Å²) in [4.78, 5) is 43.0. The lowest BCUT2D eigenvalue weighted by molar-refractivity contribution is -0.117. The predicted molar refractivity (Wildman–Crippen MR) is 133 cm³/mol. The average molecular weight is 478 g/mol. The third-order valence-electron chi connectivity index (χ3n) is 5.57. The molecule has 1 aromatic heterocycles. The minimum atomic E-state index is -0.446. The topological polar surface area (TPSA) is 79.0 Å². The number of rotatable bonds is 7. The van der Waals surface area contributed by atoms with Crippen LogP contribution in [-0.4, -0.2) is 66.9 Å². The van der Waals surface area contributed by atoms with E-state index in [0.717, 1.165) is 10.4 Å². The van der Waals surface area contributed by atoms with Crippen LogP contribution in [-0.2, 0) is 9.53 Å². The number of carbonyl (C=O) groups is 3. The molecule has 1 saturated heterocycles. The number of thiophene rings is 1. The molecule has 3 aromatic rings. The number of piperazine rings is 1. The zero-order valence-electron chi connectivity index (χ0n) is 19.0. The fourth-order valence-corrected chi connectivity index (χ4v) is 4.85. The van der Waals surface area contributed by atoms with E-state index in [0.29, 0.717) is 42.3 Å². The van der Waals surface area contributed by atoms with Crippen LogP contribution >= 0.6 is 11.3 Å². The SMILES string of the molecule is CCOC(=O)c1sc(-c2ccccc2)cc1NC(=O)CN1CCN(C(=O)c2ccccc2)CC1. The number of nitrogens with zero attached hydrogens (tertiary/aromatic N) is 2. The van der Waals surface area contributed by atoms with Crippen molar-refractivity contribution in [3.05, 3.63) is 77.2 Å². The molecular formula is C26H27N3O4S. The van der Waals surface area contributed by atoms with E-state index in [1.54, 1.807) is 6.92 Å². The summed E-state index contributed by atoms with van der Waals surface area (Å²) in [5, 5.41) is 2.90. The molecule has 0 unspecified atom stereocenters. The van der Waals surface area contributed by atoms with Gasteiger partial charge in [-0.05, 0) is 30.7 Å². The molecule has 0 saturated carbocycles. The molecule has 1 aliphatic heterocycles. The van der Waals surface area contributed by atoms with E-state index >= 15 is 0 Å². The molecule has 2 heterocycles. The smallest absolute Gasteiger partial charge is 0.350 e. The van der Waals surface area contributed by atoms with Crippen LogP contribution in [0.4, 0.5) is 5.69 Å². The van der Waals surface area contributed by atoms with Gasteiger partial charge in [0.25, 0.3) is 5.91 Å². The zero-order chi connectivity index (χ0) is 23.9. The van der Waals surface area contributed by atoms with Gasteiger partial charge in [0.2, 0.25) is 5.91 Å². The van der Waals surface area contributed by atoms with Gasteiger partial charge in [0.15, 0.2) is 0 Å². The number of ether oxygens (including phenoxy) is 1. The molecule has 4 rings (SSSR count). The Morgan fingerprint density at radius 3 is 2.24 bits per heavy atom. The van der Waals surface area contributed by atoms with Crippen LogP contribution in [0.2, 0.25) is 0 Å². The van der Waals surface area contributed by atoms with Crippen LogP contribution in [0.5, 0.6) is 0 Å². The molecule has 0 aliphatic carbocycles. The van der Waals surface area contributed by atoms with Crippen molar-refractivity contribution in [1.82, 2.24) is 9.80 Å². The molecule has 0 bridgehead atoms. The van der Waals surface area contributed by atoms with Gasteiger partial charge < -0.3 is 15.0 Å². The van der Waals surface area contributed by atoms with Crippen LogP contribution in [0.3, 0.4) is 0 Å². The van der Waals surface area contributed by atoms with Crippen LogP contribution in [0.1, 0.15) is 27.0 Å². The summed E-state index contributed by atoms with van der Waals surface area (Å²) in [5.74, 6) is -0.640. The van der Waals surface area contributed by atoms with Gasteiger partial charge in [0, 0.05) is 36.6 Å².